The summed E-state index contributed by atoms with van der Waals surface area (Å²) in [6.07, 6.45) is 1.23. The molecule has 2 aliphatic rings. The van der Waals surface area contributed by atoms with E-state index in [0.717, 1.165) is 33.8 Å². The highest BCUT2D eigenvalue weighted by molar-refractivity contribution is 6.09. The van der Waals surface area contributed by atoms with Crippen molar-refractivity contribution in [3.8, 4) is 5.75 Å². The highest BCUT2D eigenvalue weighted by Gasteiger charge is 2.55. The van der Waals surface area contributed by atoms with E-state index in [1.54, 1.807) is 0 Å². The van der Waals surface area contributed by atoms with Crippen molar-refractivity contribution in [3.05, 3.63) is 65.2 Å². The Morgan fingerprint density at radius 1 is 1.17 bits per heavy atom. The van der Waals surface area contributed by atoms with Gasteiger partial charge < -0.3 is 15.4 Å². The molecular formula is C22H23N3O4. The topological polar surface area (TPSA) is 87.7 Å². The highest BCUT2D eigenvalue weighted by atomic mass is 16.5. The van der Waals surface area contributed by atoms with Crippen LogP contribution in [0.2, 0.25) is 0 Å². The third-order valence-corrected chi connectivity index (χ3v) is 5.44. The fraction of sp³-hybridized carbons (Fsp3) is 0.318. The van der Waals surface area contributed by atoms with Gasteiger partial charge in [0, 0.05) is 0 Å². The molecule has 0 aromatic heterocycles. The largest absolute Gasteiger partial charge is 0.492 e. The van der Waals surface area contributed by atoms with E-state index >= 15 is 0 Å². The summed E-state index contributed by atoms with van der Waals surface area (Å²) in [6, 6.07) is 14.7. The molecule has 0 bridgehead atoms. The SMILES string of the molecule is Cc1ccc(OCCNC(=O)CN2C(=O)NC3(CCc4ccccc43)C2=O)cc1. The van der Waals surface area contributed by atoms with Crippen LogP contribution in [0.15, 0.2) is 48.5 Å². The zero-order valence-corrected chi connectivity index (χ0v) is 16.2. The molecule has 7 heteroatoms. The van der Waals surface area contributed by atoms with Crippen molar-refractivity contribution in [1.29, 1.82) is 0 Å². The molecule has 4 amide bonds. The Kier molecular flexibility index (Phi) is 4.96. The van der Waals surface area contributed by atoms with E-state index in [1.807, 2.05) is 55.5 Å². The molecule has 1 heterocycles. The molecular weight excluding hydrogens is 370 g/mol. The van der Waals surface area contributed by atoms with Crippen molar-refractivity contribution in [2.45, 2.75) is 25.3 Å². The molecule has 2 aromatic rings. The summed E-state index contributed by atoms with van der Waals surface area (Å²) >= 11 is 0. The van der Waals surface area contributed by atoms with E-state index in [-0.39, 0.29) is 19.0 Å². The smallest absolute Gasteiger partial charge is 0.325 e. The number of amides is 4. The fourth-order valence-electron chi connectivity index (χ4n) is 3.93. The molecule has 0 radical (unpaired) electrons. The first-order chi connectivity index (χ1) is 14.0. The van der Waals surface area contributed by atoms with Gasteiger partial charge in [0.2, 0.25) is 5.91 Å². The summed E-state index contributed by atoms with van der Waals surface area (Å²) < 4.78 is 5.56. The van der Waals surface area contributed by atoms with Crippen molar-refractivity contribution in [1.82, 2.24) is 15.5 Å². The van der Waals surface area contributed by atoms with Gasteiger partial charge in [-0.15, -0.1) is 0 Å². The first kappa shape index (κ1) is 19.0. The van der Waals surface area contributed by atoms with Gasteiger partial charge in [0.1, 0.15) is 24.4 Å². The van der Waals surface area contributed by atoms with E-state index in [2.05, 4.69) is 10.6 Å². The summed E-state index contributed by atoms with van der Waals surface area (Å²) in [4.78, 5) is 38.7. The van der Waals surface area contributed by atoms with Crippen LogP contribution in [0.4, 0.5) is 4.79 Å². The van der Waals surface area contributed by atoms with Crippen LogP contribution < -0.4 is 15.4 Å². The van der Waals surface area contributed by atoms with Gasteiger partial charge in [-0.2, -0.15) is 0 Å². The zero-order valence-electron chi connectivity index (χ0n) is 16.2. The number of benzene rings is 2. The van der Waals surface area contributed by atoms with Crippen LogP contribution in [0.25, 0.3) is 0 Å². The third-order valence-electron chi connectivity index (χ3n) is 5.44. The van der Waals surface area contributed by atoms with Gasteiger partial charge in [0.25, 0.3) is 5.91 Å². The minimum absolute atomic E-state index is 0.282. The van der Waals surface area contributed by atoms with Gasteiger partial charge in [0.05, 0.1) is 6.54 Å². The van der Waals surface area contributed by atoms with Crippen molar-refractivity contribution in [2.24, 2.45) is 0 Å². The lowest BCUT2D eigenvalue weighted by atomic mass is 9.92. The molecule has 1 aliphatic heterocycles. The summed E-state index contributed by atoms with van der Waals surface area (Å²) in [7, 11) is 0. The molecule has 29 heavy (non-hydrogen) atoms. The number of rotatable bonds is 6. The number of hydrogen-bond acceptors (Lipinski definition) is 4. The number of nitrogens with one attached hydrogen (secondary N) is 2. The Bertz CT molecular complexity index is 957. The second-order valence-electron chi connectivity index (χ2n) is 7.40. The van der Waals surface area contributed by atoms with Crippen LogP contribution in [0.5, 0.6) is 5.75 Å². The van der Waals surface area contributed by atoms with Gasteiger partial charge in [-0.25, -0.2) is 4.79 Å². The normalized spacial score (nSPS) is 20.0. The Morgan fingerprint density at radius 3 is 2.72 bits per heavy atom. The second-order valence-corrected chi connectivity index (χ2v) is 7.40. The molecule has 150 valence electrons. The van der Waals surface area contributed by atoms with Crippen molar-refractivity contribution in [2.75, 3.05) is 19.7 Å². The molecule has 1 spiro atoms. The van der Waals surface area contributed by atoms with Gasteiger partial charge in [0.15, 0.2) is 0 Å². The number of carbonyl (C=O) groups is 3. The van der Waals surface area contributed by atoms with Crippen LogP contribution in [0, 0.1) is 6.92 Å². The first-order valence-corrected chi connectivity index (χ1v) is 9.68. The maximum Gasteiger partial charge on any atom is 0.325 e. The molecule has 4 rings (SSSR count). The number of carbonyl (C=O) groups excluding carboxylic acids is 3. The minimum Gasteiger partial charge on any atom is -0.492 e. The van der Waals surface area contributed by atoms with Crippen molar-refractivity contribution in [3.63, 3.8) is 0 Å². The van der Waals surface area contributed by atoms with Crippen LogP contribution in [-0.2, 0) is 21.5 Å². The van der Waals surface area contributed by atoms with Crippen molar-refractivity contribution < 1.29 is 19.1 Å². The fourth-order valence-corrected chi connectivity index (χ4v) is 3.93. The number of urea groups is 1. The van der Waals surface area contributed by atoms with Crippen LogP contribution in [0.1, 0.15) is 23.1 Å². The third kappa shape index (κ3) is 3.55. The van der Waals surface area contributed by atoms with Crippen molar-refractivity contribution >= 4 is 17.8 Å². The average molecular weight is 393 g/mol. The number of aryl methyl sites for hydroxylation is 2. The van der Waals surface area contributed by atoms with Crippen LogP contribution in [0.3, 0.4) is 0 Å². The molecule has 2 N–H and O–H groups in total. The maximum atomic E-state index is 13.0. The van der Waals surface area contributed by atoms with Crippen LogP contribution in [-0.4, -0.2) is 42.4 Å². The number of fused-ring (bicyclic) bond motifs is 2. The first-order valence-electron chi connectivity index (χ1n) is 9.68. The number of hydrogen-bond donors (Lipinski definition) is 2. The maximum absolute atomic E-state index is 13.0. The number of nitrogens with zero attached hydrogens (tertiary/aromatic N) is 1. The van der Waals surface area contributed by atoms with E-state index in [1.165, 1.54) is 0 Å². The zero-order chi connectivity index (χ0) is 20.4. The average Bonchev–Trinajstić information content (AvgIpc) is 3.20. The molecule has 1 unspecified atom stereocenters. The molecule has 1 fully saturated rings. The number of ether oxygens (including phenoxy) is 1. The molecule has 7 nitrogen and oxygen atoms in total. The standard InChI is InChI=1S/C22H23N3O4/c1-15-6-8-17(9-7-15)29-13-12-23-19(26)14-25-20(27)22(24-21(25)28)11-10-16-4-2-3-5-18(16)22/h2-9H,10-14H2,1H3,(H,23,26)(H,24,28). The Labute approximate surface area is 169 Å². The van der Waals surface area contributed by atoms with Crippen LogP contribution >= 0.6 is 0 Å². The quantitative estimate of drug-likeness (QED) is 0.580. The Morgan fingerprint density at radius 2 is 1.93 bits per heavy atom. The monoisotopic (exact) mass is 393 g/mol. The van der Waals surface area contributed by atoms with Gasteiger partial charge >= 0.3 is 6.03 Å². The Hall–Kier alpha value is -3.35. The Balaban J connectivity index is 1.31. The molecule has 1 saturated heterocycles. The number of imide groups is 1. The highest BCUT2D eigenvalue weighted by Crippen LogP contribution is 2.41. The second kappa shape index (κ2) is 7.58. The lowest BCUT2D eigenvalue weighted by Crippen LogP contribution is -2.44. The predicted octanol–water partition coefficient (Wildman–Crippen LogP) is 1.88. The predicted molar refractivity (Wildman–Crippen MR) is 106 cm³/mol. The molecule has 2 aromatic carbocycles. The summed E-state index contributed by atoms with van der Waals surface area (Å²) in [5.74, 6) is -0.0383. The van der Waals surface area contributed by atoms with E-state index in [9.17, 15) is 14.4 Å². The van der Waals surface area contributed by atoms with E-state index < -0.39 is 17.5 Å². The van der Waals surface area contributed by atoms with Gasteiger partial charge in [-0.05, 0) is 43.0 Å². The van der Waals surface area contributed by atoms with Gasteiger partial charge in [-0.1, -0.05) is 42.0 Å². The lowest BCUT2D eigenvalue weighted by molar-refractivity contribution is -0.135. The molecule has 0 saturated carbocycles. The van der Waals surface area contributed by atoms with E-state index in [0.29, 0.717) is 13.0 Å². The lowest BCUT2D eigenvalue weighted by Gasteiger charge is -2.22. The summed E-state index contributed by atoms with van der Waals surface area (Å²) in [5, 5.41) is 5.51. The molecule has 1 aliphatic carbocycles. The summed E-state index contributed by atoms with van der Waals surface area (Å²) in [6.45, 7) is 2.27. The van der Waals surface area contributed by atoms with E-state index in [4.69, 9.17) is 4.74 Å². The molecule has 1 atom stereocenters. The minimum atomic E-state index is -1.04. The summed E-state index contributed by atoms with van der Waals surface area (Å²) in [5.41, 5.74) is 1.98. The van der Waals surface area contributed by atoms with Gasteiger partial charge in [-0.3, -0.25) is 14.5 Å².